The van der Waals surface area contributed by atoms with Gasteiger partial charge in [-0.15, -0.1) is 0 Å². The third-order valence-electron chi connectivity index (χ3n) is 3.85. The van der Waals surface area contributed by atoms with E-state index in [1.54, 1.807) is 30.3 Å². The second kappa shape index (κ2) is 10.5. The van der Waals surface area contributed by atoms with Gasteiger partial charge in [0.15, 0.2) is 0 Å². The largest absolute Gasteiger partial charge is 0.376 e. The number of hydrogen-bond acceptors (Lipinski definition) is 3. The van der Waals surface area contributed by atoms with E-state index < -0.39 is 0 Å². The van der Waals surface area contributed by atoms with Crippen LogP contribution >= 0.6 is 11.6 Å². The molecule has 26 heavy (non-hydrogen) atoms. The smallest absolute Gasteiger partial charge is 0.251 e. The maximum absolute atomic E-state index is 11.9. The Labute approximate surface area is 159 Å². The highest BCUT2D eigenvalue weighted by Gasteiger charge is 2.06. The fraction of sp³-hybridized carbons (Fsp3) is 0.300. The van der Waals surface area contributed by atoms with Crippen molar-refractivity contribution in [3.05, 3.63) is 64.7 Å². The van der Waals surface area contributed by atoms with Crippen molar-refractivity contribution in [1.29, 1.82) is 0 Å². The van der Waals surface area contributed by atoms with E-state index in [0.717, 1.165) is 24.1 Å². The summed E-state index contributed by atoms with van der Waals surface area (Å²) in [4.78, 5) is 23.9. The van der Waals surface area contributed by atoms with Gasteiger partial charge in [-0.1, -0.05) is 43.1 Å². The average Bonchev–Trinajstić information content (AvgIpc) is 2.66. The first-order valence-electron chi connectivity index (χ1n) is 8.72. The zero-order valence-corrected chi connectivity index (χ0v) is 15.6. The number of halogens is 1. The van der Waals surface area contributed by atoms with Gasteiger partial charge in [0.1, 0.15) is 0 Å². The molecule has 0 spiro atoms. The number of nitrogens with one attached hydrogen (secondary N) is 3. The van der Waals surface area contributed by atoms with Crippen molar-refractivity contribution < 1.29 is 9.59 Å². The van der Waals surface area contributed by atoms with Crippen molar-refractivity contribution in [2.75, 3.05) is 18.4 Å². The summed E-state index contributed by atoms with van der Waals surface area (Å²) in [7, 11) is 0. The van der Waals surface area contributed by atoms with Gasteiger partial charge in [0.05, 0.1) is 6.54 Å². The molecule has 0 atom stereocenters. The first-order valence-corrected chi connectivity index (χ1v) is 9.10. The lowest BCUT2D eigenvalue weighted by molar-refractivity contribution is -0.119. The van der Waals surface area contributed by atoms with E-state index >= 15 is 0 Å². The Morgan fingerprint density at radius 1 is 1.00 bits per heavy atom. The predicted molar refractivity (Wildman–Crippen MR) is 105 cm³/mol. The van der Waals surface area contributed by atoms with E-state index in [1.165, 1.54) is 0 Å². The van der Waals surface area contributed by atoms with Gasteiger partial charge in [-0.05, 0) is 42.3 Å². The number of benzene rings is 2. The molecule has 2 aromatic carbocycles. The monoisotopic (exact) mass is 373 g/mol. The molecule has 0 bridgehead atoms. The zero-order chi connectivity index (χ0) is 18.8. The summed E-state index contributed by atoms with van der Waals surface area (Å²) in [6.45, 7) is 3.29. The molecule has 2 amide bonds. The maximum atomic E-state index is 11.9. The number of carbonyl (C=O) groups excluding carboxylic acids is 2. The molecule has 0 aliphatic rings. The Morgan fingerprint density at radius 2 is 1.73 bits per heavy atom. The SMILES string of the molecule is CCCCNC(=O)c1ccc(NCC(=O)NCc2ccccc2Cl)cc1. The Kier molecular flexibility index (Phi) is 7.96. The third-order valence-corrected chi connectivity index (χ3v) is 4.22. The van der Waals surface area contributed by atoms with Crippen LogP contribution in [0.25, 0.3) is 0 Å². The van der Waals surface area contributed by atoms with Crippen molar-refractivity contribution in [1.82, 2.24) is 10.6 Å². The quantitative estimate of drug-likeness (QED) is 0.588. The van der Waals surface area contributed by atoms with Crippen LogP contribution in [0.4, 0.5) is 5.69 Å². The van der Waals surface area contributed by atoms with E-state index in [9.17, 15) is 9.59 Å². The minimum absolute atomic E-state index is 0.0810. The highest BCUT2D eigenvalue weighted by atomic mass is 35.5. The minimum atomic E-state index is -0.133. The minimum Gasteiger partial charge on any atom is -0.376 e. The summed E-state index contributed by atoms with van der Waals surface area (Å²) >= 11 is 6.06. The molecule has 2 rings (SSSR count). The van der Waals surface area contributed by atoms with Gasteiger partial charge in [0, 0.05) is 29.4 Å². The molecule has 138 valence electrons. The zero-order valence-electron chi connectivity index (χ0n) is 14.8. The molecule has 5 nitrogen and oxygen atoms in total. The summed E-state index contributed by atoms with van der Waals surface area (Å²) in [5, 5.41) is 9.36. The molecule has 0 aromatic heterocycles. The van der Waals surface area contributed by atoms with Crippen LogP contribution < -0.4 is 16.0 Å². The standard InChI is InChI=1S/C20H24ClN3O2/c1-2-3-12-22-20(26)15-8-10-17(11-9-15)23-14-19(25)24-13-16-6-4-5-7-18(16)21/h4-11,23H,2-3,12-14H2,1H3,(H,22,26)(H,24,25). The summed E-state index contributed by atoms with van der Waals surface area (Å²) in [6.07, 6.45) is 2.01. The van der Waals surface area contributed by atoms with Gasteiger partial charge in [-0.25, -0.2) is 0 Å². The molecule has 0 unspecified atom stereocenters. The lowest BCUT2D eigenvalue weighted by Crippen LogP contribution is -2.29. The second-order valence-corrected chi connectivity index (χ2v) is 6.32. The first-order chi connectivity index (χ1) is 12.6. The molecule has 3 N–H and O–H groups in total. The van der Waals surface area contributed by atoms with E-state index in [2.05, 4.69) is 22.9 Å². The Balaban J connectivity index is 1.75. The van der Waals surface area contributed by atoms with Crippen LogP contribution in [0.1, 0.15) is 35.7 Å². The van der Waals surface area contributed by atoms with Crippen LogP contribution in [-0.2, 0) is 11.3 Å². The van der Waals surface area contributed by atoms with Crippen LogP contribution in [-0.4, -0.2) is 24.9 Å². The van der Waals surface area contributed by atoms with Crippen molar-refractivity contribution >= 4 is 29.1 Å². The normalized spacial score (nSPS) is 10.2. The Bertz CT molecular complexity index is 732. The lowest BCUT2D eigenvalue weighted by atomic mass is 10.2. The van der Waals surface area contributed by atoms with Gasteiger partial charge >= 0.3 is 0 Å². The fourth-order valence-electron chi connectivity index (χ4n) is 2.30. The molecule has 0 heterocycles. The highest BCUT2D eigenvalue weighted by Crippen LogP contribution is 2.14. The van der Waals surface area contributed by atoms with E-state index in [4.69, 9.17) is 11.6 Å². The van der Waals surface area contributed by atoms with Gasteiger partial charge in [-0.3, -0.25) is 9.59 Å². The lowest BCUT2D eigenvalue weighted by Gasteiger charge is -2.09. The Morgan fingerprint density at radius 3 is 2.42 bits per heavy atom. The molecular formula is C20H24ClN3O2. The van der Waals surface area contributed by atoms with E-state index in [0.29, 0.717) is 23.7 Å². The van der Waals surface area contributed by atoms with Crippen LogP contribution in [0.2, 0.25) is 5.02 Å². The highest BCUT2D eigenvalue weighted by molar-refractivity contribution is 6.31. The van der Waals surface area contributed by atoms with Crippen molar-refractivity contribution in [2.45, 2.75) is 26.3 Å². The maximum Gasteiger partial charge on any atom is 0.251 e. The molecule has 6 heteroatoms. The van der Waals surface area contributed by atoms with Crippen LogP contribution in [0, 0.1) is 0 Å². The molecule has 2 aromatic rings. The van der Waals surface area contributed by atoms with E-state index in [1.807, 2.05) is 18.2 Å². The molecule has 0 fully saturated rings. The van der Waals surface area contributed by atoms with Crippen LogP contribution in [0.3, 0.4) is 0 Å². The van der Waals surface area contributed by atoms with Crippen molar-refractivity contribution in [3.8, 4) is 0 Å². The summed E-state index contributed by atoms with van der Waals surface area (Å²) in [5.41, 5.74) is 2.26. The molecule has 0 radical (unpaired) electrons. The number of amides is 2. The summed E-state index contributed by atoms with van der Waals surface area (Å²) in [6, 6.07) is 14.5. The number of carbonyl (C=O) groups is 2. The van der Waals surface area contributed by atoms with Gasteiger partial charge in [0.25, 0.3) is 5.91 Å². The molecule has 0 aliphatic heterocycles. The second-order valence-electron chi connectivity index (χ2n) is 5.91. The fourth-order valence-corrected chi connectivity index (χ4v) is 2.50. The number of anilines is 1. The number of hydrogen-bond donors (Lipinski definition) is 3. The number of unbranched alkanes of at least 4 members (excludes halogenated alkanes) is 1. The van der Waals surface area contributed by atoms with Crippen molar-refractivity contribution in [3.63, 3.8) is 0 Å². The predicted octanol–water partition coefficient (Wildman–Crippen LogP) is 3.60. The van der Waals surface area contributed by atoms with Crippen molar-refractivity contribution in [2.24, 2.45) is 0 Å². The number of rotatable bonds is 9. The first kappa shape index (κ1) is 19.8. The molecule has 0 saturated carbocycles. The molecular weight excluding hydrogens is 350 g/mol. The third kappa shape index (κ3) is 6.41. The molecule has 0 saturated heterocycles. The van der Waals surface area contributed by atoms with Gasteiger partial charge < -0.3 is 16.0 Å². The summed E-state index contributed by atoms with van der Waals surface area (Å²) in [5.74, 6) is -0.214. The van der Waals surface area contributed by atoms with Gasteiger partial charge in [0.2, 0.25) is 5.91 Å². The van der Waals surface area contributed by atoms with E-state index in [-0.39, 0.29) is 18.4 Å². The van der Waals surface area contributed by atoms with Gasteiger partial charge in [-0.2, -0.15) is 0 Å². The topological polar surface area (TPSA) is 70.2 Å². The Hall–Kier alpha value is -2.53. The van der Waals surface area contributed by atoms with Crippen LogP contribution in [0.5, 0.6) is 0 Å². The molecule has 0 aliphatic carbocycles. The van der Waals surface area contributed by atoms with Crippen LogP contribution in [0.15, 0.2) is 48.5 Å². The average molecular weight is 374 g/mol. The summed E-state index contributed by atoms with van der Waals surface area (Å²) < 4.78 is 0.